The minimum absolute atomic E-state index is 0. The molecule has 0 aliphatic heterocycles. The maximum absolute atomic E-state index is 11.5. The number of carbonyl (C=O) groups is 2. The van der Waals surface area contributed by atoms with E-state index in [0.29, 0.717) is 29.1 Å². The zero-order valence-corrected chi connectivity index (χ0v) is 19.8. The summed E-state index contributed by atoms with van der Waals surface area (Å²) in [5.74, 6) is -2.62. The van der Waals surface area contributed by atoms with Crippen LogP contribution in [-0.2, 0) is 22.4 Å². The number of pyridine rings is 1. The third-order valence-electron chi connectivity index (χ3n) is 5.81. The van der Waals surface area contributed by atoms with Gasteiger partial charge in [0.25, 0.3) is 0 Å². The van der Waals surface area contributed by atoms with E-state index in [4.69, 9.17) is 10.2 Å². The van der Waals surface area contributed by atoms with Crippen molar-refractivity contribution < 1.29 is 30.0 Å². The summed E-state index contributed by atoms with van der Waals surface area (Å²) in [5, 5.41) is 40.3. The molecule has 2 aromatic carbocycles. The second kappa shape index (κ2) is 12.9. The first-order chi connectivity index (χ1) is 16.2. The molecule has 9 nitrogen and oxygen atoms in total. The number of aliphatic carboxylic acids is 2. The van der Waals surface area contributed by atoms with Gasteiger partial charge in [-0.05, 0) is 54.5 Å². The Hall–Kier alpha value is -3.40. The lowest BCUT2D eigenvalue weighted by atomic mass is 10.0. The van der Waals surface area contributed by atoms with Gasteiger partial charge in [-0.3, -0.25) is 14.4 Å². The largest absolute Gasteiger partial charge is 0.506 e. The van der Waals surface area contributed by atoms with Crippen molar-refractivity contribution in [2.75, 3.05) is 6.54 Å². The van der Waals surface area contributed by atoms with Crippen molar-refractivity contribution in [2.45, 2.75) is 44.2 Å². The summed E-state index contributed by atoms with van der Waals surface area (Å²) in [4.78, 5) is 33.0. The Kier molecular flexibility index (Phi) is 10.3. The van der Waals surface area contributed by atoms with Crippen molar-refractivity contribution in [1.82, 2.24) is 10.3 Å². The SMILES string of the molecule is Cl.O=C(O)CC(=O)O.O=c1ccc2c([C@@H](O)CNC3CCc4ccccc4CC3)ccc(O)c2[nH]1. The molecule has 1 atom stereocenters. The first-order valence-electron chi connectivity index (χ1n) is 11.0. The number of aliphatic hydroxyl groups excluding tert-OH is 1. The summed E-state index contributed by atoms with van der Waals surface area (Å²) >= 11 is 0. The highest BCUT2D eigenvalue weighted by molar-refractivity contribution is 5.89. The first kappa shape index (κ1) is 27.8. The topological polar surface area (TPSA) is 160 Å². The Morgan fingerprint density at radius 1 is 0.971 bits per heavy atom. The van der Waals surface area contributed by atoms with E-state index in [-0.39, 0.29) is 23.7 Å². The average molecular weight is 505 g/mol. The van der Waals surface area contributed by atoms with E-state index in [1.165, 1.54) is 23.3 Å². The molecule has 6 N–H and O–H groups in total. The van der Waals surface area contributed by atoms with Crippen molar-refractivity contribution in [2.24, 2.45) is 0 Å². The molecule has 4 rings (SSSR count). The van der Waals surface area contributed by atoms with Crippen molar-refractivity contribution >= 4 is 35.2 Å². The zero-order valence-electron chi connectivity index (χ0n) is 18.9. The zero-order chi connectivity index (χ0) is 24.7. The second-order valence-corrected chi connectivity index (χ2v) is 8.22. The molecule has 35 heavy (non-hydrogen) atoms. The summed E-state index contributed by atoms with van der Waals surface area (Å²) in [7, 11) is 0. The summed E-state index contributed by atoms with van der Waals surface area (Å²) in [5.41, 5.74) is 3.64. The molecule has 0 fully saturated rings. The van der Waals surface area contributed by atoms with Gasteiger partial charge in [0.1, 0.15) is 12.2 Å². The molecule has 3 aromatic rings. The molecule has 0 amide bonds. The van der Waals surface area contributed by atoms with Crippen LogP contribution in [0.1, 0.15) is 42.1 Å². The third kappa shape index (κ3) is 7.81. The van der Waals surface area contributed by atoms with Gasteiger partial charge in [0.15, 0.2) is 0 Å². The van der Waals surface area contributed by atoms with Crippen molar-refractivity contribution in [1.29, 1.82) is 0 Å². The van der Waals surface area contributed by atoms with Crippen LogP contribution in [-0.4, -0.2) is 49.9 Å². The highest BCUT2D eigenvalue weighted by Gasteiger charge is 2.19. The van der Waals surface area contributed by atoms with Gasteiger partial charge in [-0.25, -0.2) is 0 Å². The lowest BCUT2D eigenvalue weighted by Gasteiger charge is -2.20. The van der Waals surface area contributed by atoms with Crippen molar-refractivity contribution in [3.8, 4) is 5.75 Å². The third-order valence-corrected chi connectivity index (χ3v) is 5.81. The van der Waals surface area contributed by atoms with Crippen LogP contribution < -0.4 is 10.9 Å². The van der Waals surface area contributed by atoms with Crippen molar-refractivity contribution in [3.63, 3.8) is 0 Å². The molecule has 0 unspecified atom stereocenters. The number of H-pyrrole nitrogens is 1. The number of aromatic hydroxyl groups is 1. The van der Waals surface area contributed by atoms with Gasteiger partial charge in [0.05, 0.1) is 11.6 Å². The number of benzene rings is 2. The number of phenols is 1. The fraction of sp³-hybridized carbons (Fsp3) is 0.320. The lowest BCUT2D eigenvalue weighted by molar-refractivity contribution is -0.147. The molecule has 1 aliphatic carbocycles. The number of fused-ring (bicyclic) bond motifs is 2. The smallest absolute Gasteiger partial charge is 0.314 e. The number of aryl methyl sites for hydroxylation is 2. The van der Waals surface area contributed by atoms with Crippen LogP contribution in [0.15, 0.2) is 53.3 Å². The van der Waals surface area contributed by atoms with Crippen LogP contribution in [0.5, 0.6) is 5.75 Å². The highest BCUT2D eigenvalue weighted by Crippen LogP contribution is 2.29. The van der Waals surface area contributed by atoms with Crippen molar-refractivity contribution in [3.05, 3.63) is 75.6 Å². The predicted molar refractivity (Wildman–Crippen MR) is 133 cm³/mol. The molecule has 0 saturated carbocycles. The van der Waals surface area contributed by atoms with E-state index in [1.54, 1.807) is 12.1 Å². The van der Waals surface area contributed by atoms with E-state index in [0.717, 1.165) is 25.7 Å². The molecule has 0 saturated heterocycles. The van der Waals surface area contributed by atoms with Gasteiger partial charge in [0, 0.05) is 24.0 Å². The number of hydrogen-bond acceptors (Lipinski definition) is 6. The van der Waals surface area contributed by atoms with Gasteiger partial charge in [-0.1, -0.05) is 30.3 Å². The minimum Gasteiger partial charge on any atom is -0.506 e. The van der Waals surface area contributed by atoms with E-state index in [2.05, 4.69) is 34.6 Å². The quantitative estimate of drug-likeness (QED) is 0.221. The number of aliphatic hydroxyl groups is 1. The molecule has 1 aliphatic rings. The van der Waals surface area contributed by atoms with Gasteiger partial charge in [-0.15, -0.1) is 12.4 Å². The summed E-state index contributed by atoms with van der Waals surface area (Å²) in [6.45, 7) is 0.431. The van der Waals surface area contributed by atoms with E-state index in [1.807, 2.05) is 0 Å². The van der Waals surface area contributed by atoms with E-state index < -0.39 is 24.5 Å². The summed E-state index contributed by atoms with van der Waals surface area (Å²) in [6.07, 6.45) is 2.67. The second-order valence-electron chi connectivity index (χ2n) is 8.22. The number of nitrogens with one attached hydrogen (secondary N) is 2. The molecular formula is C25H29ClN2O7. The van der Waals surface area contributed by atoms with Crippen LogP contribution in [0.25, 0.3) is 10.9 Å². The number of halogens is 1. The predicted octanol–water partition coefficient (Wildman–Crippen LogP) is 2.77. The normalized spacial score (nSPS) is 14.0. The Bertz CT molecular complexity index is 1190. The number of carboxylic acid groups (broad SMARTS) is 2. The fourth-order valence-electron chi connectivity index (χ4n) is 4.12. The number of carboxylic acids is 2. The lowest BCUT2D eigenvalue weighted by Crippen LogP contribution is -2.33. The molecule has 0 spiro atoms. The number of rotatable bonds is 6. The van der Waals surface area contributed by atoms with Gasteiger partial charge >= 0.3 is 11.9 Å². The van der Waals surface area contributed by atoms with Crippen LogP contribution in [0.4, 0.5) is 0 Å². The summed E-state index contributed by atoms with van der Waals surface area (Å²) < 4.78 is 0. The molecule has 0 radical (unpaired) electrons. The number of phenolic OH excluding ortho intramolecular Hbond substituents is 1. The van der Waals surface area contributed by atoms with Crippen LogP contribution in [0.3, 0.4) is 0 Å². The van der Waals surface area contributed by atoms with Crippen LogP contribution in [0, 0.1) is 0 Å². The monoisotopic (exact) mass is 504 g/mol. The molecule has 10 heteroatoms. The van der Waals surface area contributed by atoms with Gasteiger partial charge < -0.3 is 30.7 Å². The van der Waals surface area contributed by atoms with Crippen LogP contribution >= 0.6 is 12.4 Å². The van der Waals surface area contributed by atoms with E-state index >= 15 is 0 Å². The Morgan fingerprint density at radius 3 is 2.11 bits per heavy atom. The highest BCUT2D eigenvalue weighted by atomic mass is 35.5. The maximum Gasteiger partial charge on any atom is 0.314 e. The van der Waals surface area contributed by atoms with Gasteiger partial charge in [-0.2, -0.15) is 0 Å². The minimum atomic E-state index is -1.31. The van der Waals surface area contributed by atoms with Gasteiger partial charge in [0.2, 0.25) is 5.56 Å². The number of hydrogen-bond donors (Lipinski definition) is 6. The molecular weight excluding hydrogens is 476 g/mol. The Morgan fingerprint density at radius 2 is 1.57 bits per heavy atom. The average Bonchev–Trinajstić information content (AvgIpc) is 3.00. The Balaban J connectivity index is 0.000000476. The Labute approximate surface area is 207 Å². The molecule has 1 heterocycles. The van der Waals surface area contributed by atoms with Crippen LogP contribution in [0.2, 0.25) is 0 Å². The fourth-order valence-corrected chi connectivity index (χ4v) is 4.12. The molecule has 1 aromatic heterocycles. The first-order valence-corrected chi connectivity index (χ1v) is 11.0. The molecule has 0 bridgehead atoms. The standard InChI is InChI=1S/C22H24N2O3.C3H4O4.ClH/c25-19-11-9-17(18-10-12-21(27)24-22(18)19)20(26)13-23-16-7-5-14-3-1-2-4-15(14)6-8-16;4-2(5)1-3(6)7;/h1-4,9-12,16,20,23,25-26H,5-8,13H2,(H,24,27);1H2,(H,4,5)(H,6,7);1H/t20-;;/m0../s1. The maximum atomic E-state index is 11.5. The van der Waals surface area contributed by atoms with E-state index in [9.17, 15) is 24.6 Å². The number of aromatic nitrogens is 1. The summed E-state index contributed by atoms with van der Waals surface area (Å²) in [6, 6.07) is 15.2. The number of aromatic amines is 1. The molecule has 188 valence electrons.